The van der Waals surface area contributed by atoms with E-state index in [4.69, 9.17) is 0 Å². The van der Waals surface area contributed by atoms with Gasteiger partial charge in [-0.3, -0.25) is 14.9 Å². The Bertz CT molecular complexity index is 879. The van der Waals surface area contributed by atoms with E-state index in [1.165, 1.54) is 0 Å². The standard InChI is InChI=1S/C19H19BrF3N3O2/c1-10(12-5-3-4-6-13(12)20)25-11(2)19(28)24-9-16(27)26-15-8-7-14(21)17(22)18(15)23/h3-8,10-11,25H,9H2,1-2H3,(H,24,28)(H,26,27). The number of nitrogens with one attached hydrogen (secondary N) is 3. The highest BCUT2D eigenvalue weighted by atomic mass is 79.9. The minimum atomic E-state index is -1.68. The first-order chi connectivity index (χ1) is 13.2. The fourth-order valence-electron chi connectivity index (χ4n) is 2.50. The highest BCUT2D eigenvalue weighted by Crippen LogP contribution is 2.23. The lowest BCUT2D eigenvalue weighted by atomic mass is 10.1. The molecule has 0 heterocycles. The Morgan fingerprint density at radius 1 is 1.04 bits per heavy atom. The average molecular weight is 458 g/mol. The maximum Gasteiger partial charge on any atom is 0.243 e. The Labute approximate surface area is 168 Å². The number of hydrogen-bond acceptors (Lipinski definition) is 3. The topological polar surface area (TPSA) is 70.2 Å². The molecule has 0 saturated carbocycles. The molecule has 2 atom stereocenters. The molecule has 3 N–H and O–H groups in total. The quantitative estimate of drug-likeness (QED) is 0.555. The van der Waals surface area contributed by atoms with Gasteiger partial charge in [-0.05, 0) is 37.6 Å². The second-order valence-corrected chi connectivity index (χ2v) is 6.97. The predicted octanol–water partition coefficient (Wildman–Crippen LogP) is 3.66. The van der Waals surface area contributed by atoms with Crippen LogP contribution >= 0.6 is 15.9 Å². The van der Waals surface area contributed by atoms with E-state index < -0.39 is 47.5 Å². The van der Waals surface area contributed by atoms with Gasteiger partial charge in [0.05, 0.1) is 18.3 Å². The fourth-order valence-corrected chi connectivity index (χ4v) is 3.13. The minimum absolute atomic E-state index is 0.138. The maximum atomic E-state index is 13.6. The van der Waals surface area contributed by atoms with Crippen molar-refractivity contribution >= 4 is 33.4 Å². The smallest absolute Gasteiger partial charge is 0.243 e. The van der Waals surface area contributed by atoms with Crippen molar-refractivity contribution in [3.05, 3.63) is 63.9 Å². The minimum Gasteiger partial charge on any atom is -0.346 e. The number of halogens is 4. The zero-order chi connectivity index (χ0) is 20.8. The first kappa shape index (κ1) is 21.9. The monoisotopic (exact) mass is 457 g/mol. The summed E-state index contributed by atoms with van der Waals surface area (Å²) in [6.07, 6.45) is 0. The van der Waals surface area contributed by atoms with Crippen LogP contribution in [0.15, 0.2) is 40.9 Å². The molecule has 2 rings (SSSR count). The number of hydrogen-bond donors (Lipinski definition) is 3. The number of carbonyl (C=O) groups is 2. The molecule has 5 nitrogen and oxygen atoms in total. The number of anilines is 1. The van der Waals surface area contributed by atoms with Crippen molar-refractivity contribution in [2.24, 2.45) is 0 Å². The number of amides is 2. The lowest BCUT2D eigenvalue weighted by Gasteiger charge is -2.21. The summed E-state index contributed by atoms with van der Waals surface area (Å²) in [6, 6.07) is 8.40. The highest BCUT2D eigenvalue weighted by Gasteiger charge is 2.19. The van der Waals surface area contributed by atoms with Gasteiger partial charge in [0, 0.05) is 10.5 Å². The van der Waals surface area contributed by atoms with Crippen LogP contribution in [0.25, 0.3) is 0 Å². The molecule has 150 valence electrons. The SMILES string of the molecule is CC(NC(C)c1ccccc1Br)C(=O)NCC(=O)Nc1ccc(F)c(F)c1F. The Kier molecular flexibility index (Phi) is 7.59. The van der Waals surface area contributed by atoms with Gasteiger partial charge in [-0.1, -0.05) is 34.1 Å². The number of benzene rings is 2. The van der Waals surface area contributed by atoms with Gasteiger partial charge in [-0.25, -0.2) is 13.2 Å². The Morgan fingerprint density at radius 3 is 2.39 bits per heavy atom. The van der Waals surface area contributed by atoms with E-state index in [0.717, 1.165) is 16.1 Å². The lowest BCUT2D eigenvalue weighted by Crippen LogP contribution is -2.45. The summed E-state index contributed by atoms with van der Waals surface area (Å²) < 4.78 is 40.5. The Morgan fingerprint density at radius 2 is 1.71 bits per heavy atom. The van der Waals surface area contributed by atoms with Gasteiger partial charge in [0.2, 0.25) is 11.8 Å². The van der Waals surface area contributed by atoms with E-state index in [1.807, 2.05) is 31.2 Å². The zero-order valence-corrected chi connectivity index (χ0v) is 16.7. The van der Waals surface area contributed by atoms with E-state index in [0.29, 0.717) is 6.07 Å². The fraction of sp³-hybridized carbons (Fsp3) is 0.263. The number of rotatable bonds is 7. The summed E-state index contributed by atoms with van der Waals surface area (Å²) >= 11 is 3.45. The molecular weight excluding hydrogens is 439 g/mol. The molecule has 0 spiro atoms. The Hall–Kier alpha value is -2.39. The second-order valence-electron chi connectivity index (χ2n) is 6.12. The molecule has 0 aliphatic carbocycles. The summed E-state index contributed by atoms with van der Waals surface area (Å²) in [6.45, 7) is 3.07. The summed E-state index contributed by atoms with van der Waals surface area (Å²) in [5, 5.41) is 7.60. The third kappa shape index (κ3) is 5.56. The van der Waals surface area contributed by atoms with E-state index in [1.54, 1.807) is 6.92 Å². The van der Waals surface area contributed by atoms with Gasteiger partial charge in [0.15, 0.2) is 17.5 Å². The van der Waals surface area contributed by atoms with Crippen LogP contribution in [0.3, 0.4) is 0 Å². The van der Waals surface area contributed by atoms with E-state index >= 15 is 0 Å². The molecule has 28 heavy (non-hydrogen) atoms. The molecule has 2 amide bonds. The van der Waals surface area contributed by atoms with Crippen LogP contribution in [0, 0.1) is 17.5 Å². The molecule has 0 fully saturated rings. The van der Waals surface area contributed by atoms with Crippen LogP contribution in [0.5, 0.6) is 0 Å². The second kappa shape index (κ2) is 9.70. The van der Waals surface area contributed by atoms with Crippen LogP contribution in [0.2, 0.25) is 0 Å². The molecule has 0 aliphatic rings. The summed E-state index contributed by atoms with van der Waals surface area (Å²) in [4.78, 5) is 24.0. The average Bonchev–Trinajstić information content (AvgIpc) is 2.66. The van der Waals surface area contributed by atoms with E-state index in [-0.39, 0.29) is 6.04 Å². The van der Waals surface area contributed by atoms with Crippen molar-refractivity contribution in [2.45, 2.75) is 25.9 Å². The summed E-state index contributed by atoms with van der Waals surface area (Å²) in [5.41, 5.74) is 0.459. The van der Waals surface area contributed by atoms with Gasteiger partial charge in [0.25, 0.3) is 0 Å². The van der Waals surface area contributed by atoms with Crippen LogP contribution in [0.4, 0.5) is 18.9 Å². The molecule has 9 heteroatoms. The van der Waals surface area contributed by atoms with Crippen molar-refractivity contribution in [3.8, 4) is 0 Å². The molecule has 2 unspecified atom stereocenters. The highest BCUT2D eigenvalue weighted by molar-refractivity contribution is 9.10. The van der Waals surface area contributed by atoms with Crippen LogP contribution < -0.4 is 16.0 Å². The third-order valence-electron chi connectivity index (χ3n) is 4.00. The first-order valence-corrected chi connectivity index (χ1v) is 9.21. The van der Waals surface area contributed by atoms with Crippen LogP contribution in [-0.2, 0) is 9.59 Å². The molecule has 2 aromatic rings. The van der Waals surface area contributed by atoms with Crippen molar-refractivity contribution in [1.82, 2.24) is 10.6 Å². The van der Waals surface area contributed by atoms with Crippen LogP contribution in [0.1, 0.15) is 25.5 Å². The van der Waals surface area contributed by atoms with E-state index in [2.05, 4.69) is 31.9 Å². The van der Waals surface area contributed by atoms with Crippen molar-refractivity contribution in [3.63, 3.8) is 0 Å². The van der Waals surface area contributed by atoms with Gasteiger partial charge >= 0.3 is 0 Å². The van der Waals surface area contributed by atoms with Gasteiger partial charge < -0.3 is 10.6 Å². The van der Waals surface area contributed by atoms with Crippen LogP contribution in [-0.4, -0.2) is 24.4 Å². The zero-order valence-electron chi connectivity index (χ0n) is 15.2. The largest absolute Gasteiger partial charge is 0.346 e. The maximum absolute atomic E-state index is 13.6. The van der Waals surface area contributed by atoms with Gasteiger partial charge in [-0.15, -0.1) is 0 Å². The van der Waals surface area contributed by atoms with E-state index in [9.17, 15) is 22.8 Å². The first-order valence-electron chi connectivity index (χ1n) is 8.42. The van der Waals surface area contributed by atoms with Crippen molar-refractivity contribution in [2.75, 3.05) is 11.9 Å². The molecule has 0 aliphatic heterocycles. The molecule has 0 radical (unpaired) electrons. The molecule has 0 aromatic heterocycles. The van der Waals surface area contributed by atoms with Crippen molar-refractivity contribution in [1.29, 1.82) is 0 Å². The summed E-state index contributed by atoms with van der Waals surface area (Å²) in [7, 11) is 0. The lowest BCUT2D eigenvalue weighted by molar-refractivity contribution is -0.125. The molecule has 2 aromatic carbocycles. The Balaban J connectivity index is 1.86. The van der Waals surface area contributed by atoms with Crippen molar-refractivity contribution < 1.29 is 22.8 Å². The van der Waals surface area contributed by atoms with Gasteiger partial charge in [-0.2, -0.15) is 0 Å². The summed E-state index contributed by atoms with van der Waals surface area (Å²) in [5.74, 6) is -5.76. The molecule has 0 saturated heterocycles. The molecular formula is C19H19BrF3N3O2. The predicted molar refractivity (Wildman–Crippen MR) is 103 cm³/mol. The molecule has 0 bridgehead atoms. The van der Waals surface area contributed by atoms with Gasteiger partial charge in [0.1, 0.15) is 0 Å². The normalized spacial score (nSPS) is 12.9. The number of carbonyl (C=O) groups excluding carboxylic acids is 2. The third-order valence-corrected chi connectivity index (χ3v) is 4.72.